The van der Waals surface area contributed by atoms with Gasteiger partial charge in [-0.05, 0) is 34.1 Å². The van der Waals surface area contributed by atoms with Gasteiger partial charge in [0.15, 0.2) is 5.69 Å². The number of anilines is 1. The fourth-order valence-corrected chi connectivity index (χ4v) is 3.84. The molecule has 0 spiro atoms. The van der Waals surface area contributed by atoms with Crippen molar-refractivity contribution in [2.45, 2.75) is 0 Å². The highest BCUT2D eigenvalue weighted by Crippen LogP contribution is 2.34. The van der Waals surface area contributed by atoms with Crippen LogP contribution in [0.3, 0.4) is 0 Å². The van der Waals surface area contributed by atoms with Crippen LogP contribution >= 0.6 is 15.9 Å². The molecule has 2 atom stereocenters. The van der Waals surface area contributed by atoms with Crippen molar-refractivity contribution in [2.24, 2.45) is 11.8 Å². The topological polar surface area (TPSA) is 71.5 Å². The summed E-state index contributed by atoms with van der Waals surface area (Å²) < 4.78 is 5.96. The first kappa shape index (κ1) is 16.3. The average Bonchev–Trinajstić information content (AvgIpc) is 3.21. The zero-order valence-corrected chi connectivity index (χ0v) is 15.4. The number of halogens is 1. The number of ether oxygens (including phenoxy) is 1. The summed E-state index contributed by atoms with van der Waals surface area (Å²) in [5, 5.41) is 7.85. The van der Waals surface area contributed by atoms with Gasteiger partial charge >= 0.3 is 0 Å². The summed E-state index contributed by atoms with van der Waals surface area (Å²) in [5.41, 5.74) is 0.368. The third-order valence-electron chi connectivity index (χ3n) is 4.88. The van der Waals surface area contributed by atoms with Crippen LogP contribution in [0, 0.1) is 11.8 Å². The first-order chi connectivity index (χ1) is 12.1. The molecule has 2 unspecified atom stereocenters. The number of likely N-dealkylation sites (tertiary alicyclic amines) is 1. The molecule has 2 aromatic heterocycles. The first-order valence-corrected chi connectivity index (χ1v) is 8.97. The van der Waals surface area contributed by atoms with Crippen LogP contribution < -0.4 is 9.64 Å². The number of aromatic nitrogens is 3. The zero-order chi connectivity index (χ0) is 17.4. The van der Waals surface area contributed by atoms with E-state index < -0.39 is 0 Å². The fraction of sp³-hybridized carbons (Fsp3) is 0.412. The van der Waals surface area contributed by atoms with Crippen molar-refractivity contribution in [2.75, 3.05) is 38.2 Å². The van der Waals surface area contributed by atoms with Crippen LogP contribution in [0.1, 0.15) is 10.5 Å². The molecule has 2 aliphatic rings. The standard InChI is InChI=1S/C17H18BrN5O2/c1-25-16-5-3-14(20-21-16)17(24)23-9-11-7-22(8-12(11)10-23)15-4-2-13(18)6-19-15/h2-6,11-12H,7-10H2,1H3. The minimum atomic E-state index is -0.0575. The number of carbonyl (C=O) groups excluding carboxylic acids is 1. The Bertz CT molecular complexity index is 754. The molecule has 4 heterocycles. The monoisotopic (exact) mass is 403 g/mol. The highest BCUT2D eigenvalue weighted by atomic mass is 79.9. The lowest BCUT2D eigenvalue weighted by Crippen LogP contribution is -2.34. The van der Waals surface area contributed by atoms with Gasteiger partial charge in [-0.3, -0.25) is 4.79 Å². The molecule has 0 N–H and O–H groups in total. The largest absolute Gasteiger partial charge is 0.480 e. The number of pyridine rings is 1. The van der Waals surface area contributed by atoms with Gasteiger partial charge in [0.2, 0.25) is 5.88 Å². The number of amides is 1. The Balaban J connectivity index is 1.40. The maximum Gasteiger partial charge on any atom is 0.274 e. The van der Waals surface area contributed by atoms with E-state index in [-0.39, 0.29) is 5.91 Å². The van der Waals surface area contributed by atoms with Gasteiger partial charge in [-0.2, -0.15) is 0 Å². The molecule has 7 nitrogen and oxygen atoms in total. The van der Waals surface area contributed by atoms with E-state index in [0.717, 1.165) is 36.5 Å². The van der Waals surface area contributed by atoms with Gasteiger partial charge in [0.1, 0.15) is 5.82 Å². The molecule has 0 aliphatic carbocycles. The number of methoxy groups -OCH3 is 1. The van der Waals surface area contributed by atoms with Crippen LogP contribution in [0.25, 0.3) is 0 Å². The second kappa shape index (κ2) is 6.59. The van der Waals surface area contributed by atoms with Crippen LogP contribution in [0.4, 0.5) is 5.82 Å². The molecular weight excluding hydrogens is 386 g/mol. The molecule has 25 heavy (non-hydrogen) atoms. The number of hydrogen-bond acceptors (Lipinski definition) is 6. The Kier molecular flexibility index (Phi) is 4.29. The van der Waals surface area contributed by atoms with Crippen LogP contribution in [0.2, 0.25) is 0 Å². The summed E-state index contributed by atoms with van der Waals surface area (Å²) >= 11 is 3.41. The van der Waals surface area contributed by atoms with E-state index in [9.17, 15) is 4.79 Å². The fourth-order valence-electron chi connectivity index (χ4n) is 3.61. The summed E-state index contributed by atoms with van der Waals surface area (Å²) in [6.07, 6.45) is 1.82. The van der Waals surface area contributed by atoms with Gasteiger partial charge in [0, 0.05) is 54.8 Å². The zero-order valence-electron chi connectivity index (χ0n) is 13.8. The van der Waals surface area contributed by atoms with Crippen LogP contribution in [0.15, 0.2) is 34.9 Å². The molecular formula is C17H18BrN5O2. The molecule has 2 aliphatic heterocycles. The summed E-state index contributed by atoms with van der Waals surface area (Å²) in [6.45, 7) is 3.36. The lowest BCUT2D eigenvalue weighted by Gasteiger charge is -2.22. The molecule has 0 radical (unpaired) electrons. The predicted molar refractivity (Wildman–Crippen MR) is 95.6 cm³/mol. The van der Waals surface area contributed by atoms with E-state index in [1.807, 2.05) is 23.2 Å². The minimum absolute atomic E-state index is 0.0575. The van der Waals surface area contributed by atoms with E-state index in [1.165, 1.54) is 7.11 Å². The molecule has 0 saturated carbocycles. The highest BCUT2D eigenvalue weighted by molar-refractivity contribution is 9.10. The van der Waals surface area contributed by atoms with Gasteiger partial charge in [-0.1, -0.05) is 0 Å². The Labute approximate surface area is 154 Å². The van der Waals surface area contributed by atoms with Crippen molar-refractivity contribution in [3.63, 3.8) is 0 Å². The van der Waals surface area contributed by atoms with E-state index in [1.54, 1.807) is 12.1 Å². The van der Waals surface area contributed by atoms with Gasteiger partial charge in [-0.15, -0.1) is 10.2 Å². The number of rotatable bonds is 3. The predicted octanol–water partition coefficient (Wildman–Crippen LogP) is 1.85. The summed E-state index contributed by atoms with van der Waals surface area (Å²) in [7, 11) is 1.53. The van der Waals surface area contributed by atoms with E-state index in [0.29, 0.717) is 23.4 Å². The Morgan fingerprint density at radius 2 is 1.88 bits per heavy atom. The molecule has 0 bridgehead atoms. The van der Waals surface area contributed by atoms with Crippen molar-refractivity contribution >= 4 is 27.7 Å². The number of carbonyl (C=O) groups is 1. The molecule has 2 fully saturated rings. The van der Waals surface area contributed by atoms with Crippen molar-refractivity contribution in [3.8, 4) is 5.88 Å². The van der Waals surface area contributed by atoms with Crippen LogP contribution in [-0.4, -0.2) is 59.3 Å². The normalized spacial score (nSPS) is 22.2. The summed E-state index contributed by atoms with van der Waals surface area (Å²) in [4.78, 5) is 21.3. The van der Waals surface area contributed by atoms with Crippen molar-refractivity contribution in [3.05, 3.63) is 40.6 Å². The van der Waals surface area contributed by atoms with Gasteiger partial charge in [0.25, 0.3) is 5.91 Å². The smallest absolute Gasteiger partial charge is 0.274 e. The summed E-state index contributed by atoms with van der Waals surface area (Å²) in [6, 6.07) is 7.37. The molecule has 2 aromatic rings. The average molecular weight is 404 g/mol. The second-order valence-corrected chi connectivity index (χ2v) is 7.35. The van der Waals surface area contributed by atoms with Crippen molar-refractivity contribution < 1.29 is 9.53 Å². The maximum absolute atomic E-state index is 12.6. The van der Waals surface area contributed by atoms with Crippen molar-refractivity contribution in [1.29, 1.82) is 0 Å². The van der Waals surface area contributed by atoms with E-state index >= 15 is 0 Å². The van der Waals surface area contributed by atoms with Crippen LogP contribution in [0.5, 0.6) is 5.88 Å². The van der Waals surface area contributed by atoms with E-state index in [2.05, 4.69) is 36.0 Å². The number of hydrogen-bond donors (Lipinski definition) is 0. The van der Waals surface area contributed by atoms with Gasteiger partial charge < -0.3 is 14.5 Å². The molecule has 1 amide bonds. The molecule has 2 saturated heterocycles. The van der Waals surface area contributed by atoms with Gasteiger partial charge in [0.05, 0.1) is 7.11 Å². The maximum atomic E-state index is 12.6. The lowest BCUT2D eigenvalue weighted by molar-refractivity contribution is 0.0775. The molecule has 8 heteroatoms. The molecule has 130 valence electrons. The molecule has 4 rings (SSSR count). The second-order valence-electron chi connectivity index (χ2n) is 6.43. The Hall–Kier alpha value is -2.22. The Morgan fingerprint density at radius 1 is 1.12 bits per heavy atom. The number of nitrogens with zero attached hydrogens (tertiary/aromatic N) is 5. The first-order valence-electron chi connectivity index (χ1n) is 8.17. The van der Waals surface area contributed by atoms with Gasteiger partial charge in [-0.25, -0.2) is 4.98 Å². The quantitative estimate of drug-likeness (QED) is 0.778. The van der Waals surface area contributed by atoms with Crippen LogP contribution in [-0.2, 0) is 0 Å². The third kappa shape index (κ3) is 3.18. The highest BCUT2D eigenvalue weighted by Gasteiger charge is 2.42. The van der Waals surface area contributed by atoms with Crippen molar-refractivity contribution in [1.82, 2.24) is 20.1 Å². The molecule has 0 aromatic carbocycles. The SMILES string of the molecule is COc1ccc(C(=O)N2CC3CN(c4ccc(Br)cn4)CC3C2)nn1. The summed E-state index contributed by atoms with van der Waals surface area (Å²) in [5.74, 6) is 2.29. The minimum Gasteiger partial charge on any atom is -0.480 e. The lowest BCUT2D eigenvalue weighted by atomic mass is 10.0. The van der Waals surface area contributed by atoms with E-state index in [4.69, 9.17) is 4.74 Å². The third-order valence-corrected chi connectivity index (χ3v) is 5.35. The number of fused-ring (bicyclic) bond motifs is 1. The Morgan fingerprint density at radius 3 is 2.44 bits per heavy atom.